The van der Waals surface area contributed by atoms with Gasteiger partial charge in [-0.05, 0) is 48.9 Å². The quantitative estimate of drug-likeness (QED) is 0.697. The van der Waals surface area contributed by atoms with Crippen molar-refractivity contribution in [2.75, 3.05) is 5.32 Å². The average Bonchev–Trinajstić information content (AvgIpc) is 3.06. The molecule has 0 aliphatic carbocycles. The molecule has 23 heavy (non-hydrogen) atoms. The highest BCUT2D eigenvalue weighted by Gasteiger charge is 2.10. The molecule has 1 N–H and O–H groups in total. The second-order valence-corrected chi connectivity index (χ2v) is 6.20. The average molecular weight is 321 g/mol. The number of nitrogens with one attached hydrogen (secondary N) is 1. The lowest BCUT2D eigenvalue weighted by Crippen LogP contribution is -2.10. The van der Waals surface area contributed by atoms with E-state index in [4.69, 9.17) is 0 Å². The fraction of sp³-hybridized carbons (Fsp3) is 0.0526. The minimum atomic E-state index is -0.146. The van der Waals surface area contributed by atoms with E-state index in [0.717, 1.165) is 10.4 Å². The maximum Gasteiger partial charge on any atom is 0.265 e. The summed E-state index contributed by atoms with van der Waals surface area (Å²) in [4.78, 5) is 25.3. The molecule has 1 aromatic heterocycles. The van der Waals surface area contributed by atoms with E-state index in [-0.39, 0.29) is 11.7 Å². The highest BCUT2D eigenvalue weighted by atomic mass is 32.1. The standard InChI is InChI=1S/C19H15NO2S/c1-13(21)14-7-9-16(10-8-14)20-19(22)18-12-11-17(23-18)15-5-3-2-4-6-15/h2-12H,1H3,(H,20,22). The molecule has 0 saturated heterocycles. The largest absolute Gasteiger partial charge is 0.321 e. The van der Waals surface area contributed by atoms with Gasteiger partial charge in [-0.3, -0.25) is 9.59 Å². The van der Waals surface area contributed by atoms with E-state index in [1.807, 2.05) is 42.5 Å². The lowest BCUT2D eigenvalue weighted by atomic mass is 10.1. The van der Waals surface area contributed by atoms with Gasteiger partial charge in [-0.15, -0.1) is 11.3 Å². The molecule has 0 bridgehead atoms. The first-order chi connectivity index (χ1) is 11.1. The number of hydrogen-bond donors (Lipinski definition) is 1. The second-order valence-electron chi connectivity index (χ2n) is 5.12. The third-order valence-electron chi connectivity index (χ3n) is 3.44. The summed E-state index contributed by atoms with van der Waals surface area (Å²) in [6.07, 6.45) is 0. The normalized spacial score (nSPS) is 10.3. The summed E-state index contributed by atoms with van der Waals surface area (Å²) in [6.45, 7) is 1.52. The minimum Gasteiger partial charge on any atom is -0.321 e. The summed E-state index contributed by atoms with van der Waals surface area (Å²) in [7, 11) is 0. The molecular formula is C19H15NO2S. The van der Waals surface area contributed by atoms with E-state index in [0.29, 0.717) is 16.1 Å². The van der Waals surface area contributed by atoms with Crippen molar-refractivity contribution in [1.29, 1.82) is 0 Å². The smallest absolute Gasteiger partial charge is 0.265 e. The molecule has 114 valence electrons. The molecule has 0 aliphatic heterocycles. The Morgan fingerprint density at radius 2 is 1.57 bits per heavy atom. The van der Waals surface area contributed by atoms with Crippen LogP contribution in [0.15, 0.2) is 66.7 Å². The molecule has 0 spiro atoms. The molecule has 0 unspecified atom stereocenters. The van der Waals surface area contributed by atoms with Gasteiger partial charge in [-0.1, -0.05) is 30.3 Å². The Bertz CT molecular complexity index is 835. The van der Waals surface area contributed by atoms with Gasteiger partial charge in [0.1, 0.15) is 0 Å². The van der Waals surface area contributed by atoms with Crippen LogP contribution < -0.4 is 5.32 Å². The minimum absolute atomic E-state index is 0.00800. The summed E-state index contributed by atoms with van der Waals surface area (Å²) in [6, 6.07) is 20.6. The molecule has 2 aromatic carbocycles. The van der Waals surface area contributed by atoms with Crippen LogP contribution in [0.1, 0.15) is 27.0 Å². The molecular weight excluding hydrogens is 306 g/mol. The Hall–Kier alpha value is -2.72. The zero-order chi connectivity index (χ0) is 16.2. The number of benzene rings is 2. The first-order valence-electron chi connectivity index (χ1n) is 7.21. The van der Waals surface area contributed by atoms with Crippen molar-refractivity contribution in [1.82, 2.24) is 0 Å². The van der Waals surface area contributed by atoms with E-state index in [2.05, 4.69) is 5.32 Å². The molecule has 0 saturated carbocycles. The Balaban J connectivity index is 1.74. The van der Waals surface area contributed by atoms with E-state index in [1.165, 1.54) is 18.3 Å². The van der Waals surface area contributed by atoms with Crippen LogP contribution in [0.5, 0.6) is 0 Å². The number of thiophene rings is 1. The van der Waals surface area contributed by atoms with Crippen LogP contribution in [-0.4, -0.2) is 11.7 Å². The predicted octanol–water partition coefficient (Wildman–Crippen LogP) is 4.87. The molecule has 0 fully saturated rings. The highest BCUT2D eigenvalue weighted by Crippen LogP contribution is 2.28. The Kier molecular flexibility index (Phi) is 4.35. The number of Topliss-reactive ketones (excluding diaryl/α,β-unsaturated/α-hetero) is 1. The number of carbonyl (C=O) groups excluding carboxylic acids is 2. The Morgan fingerprint density at radius 1 is 0.870 bits per heavy atom. The molecule has 3 rings (SSSR count). The molecule has 1 heterocycles. The highest BCUT2D eigenvalue weighted by molar-refractivity contribution is 7.17. The van der Waals surface area contributed by atoms with Crippen LogP contribution >= 0.6 is 11.3 Å². The summed E-state index contributed by atoms with van der Waals surface area (Å²) < 4.78 is 0. The van der Waals surface area contributed by atoms with Gasteiger partial charge in [-0.2, -0.15) is 0 Å². The zero-order valence-corrected chi connectivity index (χ0v) is 13.4. The first-order valence-corrected chi connectivity index (χ1v) is 8.03. The van der Waals surface area contributed by atoms with Gasteiger partial charge in [0.05, 0.1) is 4.88 Å². The van der Waals surface area contributed by atoms with Crippen molar-refractivity contribution in [3.63, 3.8) is 0 Å². The van der Waals surface area contributed by atoms with Gasteiger partial charge in [0.15, 0.2) is 5.78 Å². The number of rotatable bonds is 4. The van der Waals surface area contributed by atoms with Crippen LogP contribution in [0.25, 0.3) is 10.4 Å². The SMILES string of the molecule is CC(=O)c1ccc(NC(=O)c2ccc(-c3ccccc3)s2)cc1. The van der Waals surface area contributed by atoms with Crippen LogP contribution in [0.4, 0.5) is 5.69 Å². The first kappa shape index (κ1) is 15.2. The monoisotopic (exact) mass is 321 g/mol. The van der Waals surface area contributed by atoms with E-state index in [1.54, 1.807) is 24.3 Å². The Morgan fingerprint density at radius 3 is 2.22 bits per heavy atom. The second kappa shape index (κ2) is 6.58. The van der Waals surface area contributed by atoms with Crippen molar-refractivity contribution >= 4 is 28.7 Å². The van der Waals surface area contributed by atoms with Crippen molar-refractivity contribution in [2.45, 2.75) is 6.92 Å². The van der Waals surface area contributed by atoms with E-state index < -0.39 is 0 Å². The van der Waals surface area contributed by atoms with Gasteiger partial charge in [0, 0.05) is 16.1 Å². The van der Waals surface area contributed by atoms with Crippen LogP contribution in [-0.2, 0) is 0 Å². The van der Waals surface area contributed by atoms with Gasteiger partial charge >= 0.3 is 0 Å². The topological polar surface area (TPSA) is 46.2 Å². The summed E-state index contributed by atoms with van der Waals surface area (Å²) in [5, 5.41) is 2.85. The van der Waals surface area contributed by atoms with Crippen molar-refractivity contribution < 1.29 is 9.59 Å². The number of hydrogen-bond acceptors (Lipinski definition) is 3. The molecule has 0 atom stereocenters. The van der Waals surface area contributed by atoms with Gasteiger partial charge in [0.25, 0.3) is 5.91 Å². The maximum atomic E-state index is 12.3. The molecule has 3 aromatic rings. The fourth-order valence-corrected chi connectivity index (χ4v) is 3.11. The van der Waals surface area contributed by atoms with Gasteiger partial charge in [0.2, 0.25) is 0 Å². The number of ketones is 1. The Labute approximate surface area is 138 Å². The summed E-state index contributed by atoms with van der Waals surface area (Å²) in [5.41, 5.74) is 2.41. The summed E-state index contributed by atoms with van der Waals surface area (Å²) in [5.74, 6) is -0.138. The molecule has 3 nitrogen and oxygen atoms in total. The number of anilines is 1. The maximum absolute atomic E-state index is 12.3. The van der Waals surface area contributed by atoms with E-state index >= 15 is 0 Å². The summed E-state index contributed by atoms with van der Waals surface area (Å²) >= 11 is 1.46. The lowest BCUT2D eigenvalue weighted by Gasteiger charge is -2.04. The number of amides is 1. The predicted molar refractivity (Wildman–Crippen MR) is 94.2 cm³/mol. The van der Waals surface area contributed by atoms with Gasteiger partial charge in [-0.25, -0.2) is 0 Å². The fourth-order valence-electron chi connectivity index (χ4n) is 2.20. The van der Waals surface area contributed by atoms with E-state index in [9.17, 15) is 9.59 Å². The zero-order valence-electron chi connectivity index (χ0n) is 12.6. The molecule has 4 heteroatoms. The van der Waals surface area contributed by atoms with Crippen LogP contribution in [0.2, 0.25) is 0 Å². The third kappa shape index (κ3) is 3.55. The van der Waals surface area contributed by atoms with Crippen molar-refractivity contribution in [3.05, 3.63) is 77.2 Å². The molecule has 0 aliphatic rings. The van der Waals surface area contributed by atoms with Crippen molar-refractivity contribution in [2.24, 2.45) is 0 Å². The molecule has 0 radical (unpaired) electrons. The van der Waals surface area contributed by atoms with Crippen molar-refractivity contribution in [3.8, 4) is 10.4 Å². The lowest BCUT2D eigenvalue weighted by molar-refractivity contribution is 0.101. The third-order valence-corrected chi connectivity index (χ3v) is 4.57. The molecule has 1 amide bonds. The van der Waals surface area contributed by atoms with Crippen LogP contribution in [0.3, 0.4) is 0 Å². The van der Waals surface area contributed by atoms with Gasteiger partial charge < -0.3 is 5.32 Å². The van der Waals surface area contributed by atoms with Crippen LogP contribution in [0, 0.1) is 0 Å². The number of carbonyl (C=O) groups is 2.